The third-order valence-electron chi connectivity index (χ3n) is 3.01. The molecule has 4 nitrogen and oxygen atoms in total. The van der Waals surface area contributed by atoms with Crippen LogP contribution in [0.1, 0.15) is 20.3 Å². The molecule has 1 aromatic carbocycles. The molecule has 2 amide bonds. The fourth-order valence-electron chi connectivity index (χ4n) is 1.93. The fraction of sp³-hybridized carbons (Fsp3) is 0.429. The smallest absolute Gasteiger partial charge is 0.228 e. The Morgan fingerprint density at radius 3 is 2.32 bits per heavy atom. The van der Waals surface area contributed by atoms with E-state index in [1.165, 1.54) is 0 Å². The van der Waals surface area contributed by atoms with Crippen molar-refractivity contribution >= 4 is 29.1 Å². The minimum atomic E-state index is -0.213. The van der Waals surface area contributed by atoms with Crippen LogP contribution in [0, 0.1) is 11.8 Å². The van der Waals surface area contributed by atoms with Crippen LogP contribution in [0.4, 0.5) is 5.69 Å². The minimum absolute atomic E-state index is 0.0359. The lowest BCUT2D eigenvalue weighted by Crippen LogP contribution is -2.32. The van der Waals surface area contributed by atoms with Crippen LogP contribution in [0.3, 0.4) is 0 Å². The summed E-state index contributed by atoms with van der Waals surface area (Å²) in [5.41, 5.74) is 0.698. The van der Waals surface area contributed by atoms with Crippen molar-refractivity contribution in [3.63, 3.8) is 0 Å². The summed E-state index contributed by atoms with van der Waals surface area (Å²) in [6.45, 7) is 3.81. The van der Waals surface area contributed by atoms with Crippen LogP contribution < -0.4 is 10.6 Å². The van der Waals surface area contributed by atoms with E-state index in [4.69, 9.17) is 11.6 Å². The molecule has 1 fully saturated rings. The second-order valence-electron chi connectivity index (χ2n) is 5.11. The zero-order valence-electron chi connectivity index (χ0n) is 10.9. The number of carbonyl (C=O) groups is 2. The van der Waals surface area contributed by atoms with Crippen LogP contribution in [-0.4, -0.2) is 17.9 Å². The lowest BCUT2D eigenvalue weighted by molar-refractivity contribution is -0.125. The highest BCUT2D eigenvalue weighted by Crippen LogP contribution is 2.39. The number of carbonyl (C=O) groups excluding carboxylic acids is 2. The summed E-state index contributed by atoms with van der Waals surface area (Å²) in [5, 5.41) is 6.24. The molecule has 19 heavy (non-hydrogen) atoms. The molecule has 0 spiro atoms. The average Bonchev–Trinajstić information content (AvgIpc) is 3.11. The Hall–Kier alpha value is -1.55. The number of halogens is 1. The standard InChI is InChI=1S/C14H17ClN2O2/c1-8(2)16-13(18)11-7-12(11)14(19)17-10-5-3-9(15)4-6-10/h3-6,8,11-12H,7H2,1-2H3,(H,16,18)(H,17,19). The van der Waals surface area contributed by atoms with Gasteiger partial charge in [-0.1, -0.05) is 11.6 Å². The van der Waals surface area contributed by atoms with Crippen molar-refractivity contribution in [2.45, 2.75) is 26.3 Å². The van der Waals surface area contributed by atoms with E-state index in [2.05, 4.69) is 10.6 Å². The maximum atomic E-state index is 11.9. The molecule has 0 saturated heterocycles. The number of benzene rings is 1. The summed E-state index contributed by atoms with van der Waals surface area (Å²) in [4.78, 5) is 23.7. The van der Waals surface area contributed by atoms with Crippen molar-refractivity contribution in [3.8, 4) is 0 Å². The van der Waals surface area contributed by atoms with E-state index in [-0.39, 0.29) is 29.7 Å². The molecule has 2 unspecified atom stereocenters. The SMILES string of the molecule is CC(C)NC(=O)C1CC1C(=O)Nc1ccc(Cl)cc1. The average molecular weight is 281 g/mol. The highest BCUT2D eigenvalue weighted by Gasteiger charge is 2.48. The van der Waals surface area contributed by atoms with Crippen LogP contribution in [0.15, 0.2) is 24.3 Å². The second-order valence-corrected chi connectivity index (χ2v) is 5.54. The lowest BCUT2D eigenvalue weighted by atomic mass is 10.2. The van der Waals surface area contributed by atoms with E-state index in [9.17, 15) is 9.59 Å². The number of anilines is 1. The van der Waals surface area contributed by atoms with Crippen molar-refractivity contribution in [3.05, 3.63) is 29.3 Å². The Balaban J connectivity index is 1.86. The molecule has 0 aliphatic heterocycles. The Labute approximate surface area is 117 Å². The number of amides is 2. The first-order chi connectivity index (χ1) is 8.97. The van der Waals surface area contributed by atoms with E-state index in [1.807, 2.05) is 13.8 Å². The van der Waals surface area contributed by atoms with Gasteiger partial charge >= 0.3 is 0 Å². The first kappa shape index (κ1) is 13.9. The lowest BCUT2D eigenvalue weighted by Gasteiger charge is -2.08. The summed E-state index contributed by atoms with van der Waals surface area (Å²) in [7, 11) is 0. The third-order valence-corrected chi connectivity index (χ3v) is 3.26. The van der Waals surface area contributed by atoms with Gasteiger partial charge in [-0.05, 0) is 44.5 Å². The van der Waals surface area contributed by atoms with E-state index >= 15 is 0 Å². The van der Waals surface area contributed by atoms with Gasteiger partial charge in [0.25, 0.3) is 0 Å². The van der Waals surface area contributed by atoms with Crippen LogP contribution >= 0.6 is 11.6 Å². The molecule has 2 rings (SSSR count). The van der Waals surface area contributed by atoms with Gasteiger partial charge in [0.05, 0.1) is 11.8 Å². The van der Waals surface area contributed by atoms with Crippen molar-refractivity contribution in [2.75, 3.05) is 5.32 Å². The second kappa shape index (κ2) is 5.61. The highest BCUT2D eigenvalue weighted by atomic mass is 35.5. The maximum absolute atomic E-state index is 11.9. The number of hydrogen-bond donors (Lipinski definition) is 2. The zero-order valence-corrected chi connectivity index (χ0v) is 11.7. The van der Waals surface area contributed by atoms with Crippen LogP contribution in [0.2, 0.25) is 5.02 Å². The molecule has 5 heteroatoms. The quantitative estimate of drug-likeness (QED) is 0.890. The molecule has 0 heterocycles. The topological polar surface area (TPSA) is 58.2 Å². The molecule has 102 valence electrons. The zero-order chi connectivity index (χ0) is 14.0. The Morgan fingerprint density at radius 2 is 1.74 bits per heavy atom. The van der Waals surface area contributed by atoms with Crippen LogP contribution in [0.5, 0.6) is 0 Å². The molecule has 0 bridgehead atoms. The highest BCUT2D eigenvalue weighted by molar-refractivity contribution is 6.30. The summed E-state index contributed by atoms with van der Waals surface area (Å²) < 4.78 is 0. The fourth-order valence-corrected chi connectivity index (χ4v) is 2.06. The van der Waals surface area contributed by atoms with Gasteiger partial charge in [-0.2, -0.15) is 0 Å². The van der Waals surface area contributed by atoms with Gasteiger partial charge in [0.15, 0.2) is 0 Å². The van der Waals surface area contributed by atoms with E-state index in [0.29, 0.717) is 17.1 Å². The van der Waals surface area contributed by atoms with E-state index in [1.54, 1.807) is 24.3 Å². The van der Waals surface area contributed by atoms with Crippen molar-refractivity contribution in [2.24, 2.45) is 11.8 Å². The molecule has 2 N–H and O–H groups in total. The predicted octanol–water partition coefficient (Wildman–Crippen LogP) is 2.44. The van der Waals surface area contributed by atoms with E-state index in [0.717, 1.165) is 0 Å². The van der Waals surface area contributed by atoms with Crippen molar-refractivity contribution < 1.29 is 9.59 Å². The molecule has 1 saturated carbocycles. The van der Waals surface area contributed by atoms with Gasteiger partial charge in [0, 0.05) is 16.8 Å². The van der Waals surface area contributed by atoms with Gasteiger partial charge in [-0.25, -0.2) is 0 Å². The number of nitrogens with one attached hydrogen (secondary N) is 2. The summed E-state index contributed by atoms with van der Waals surface area (Å²) in [6.07, 6.45) is 0.623. The minimum Gasteiger partial charge on any atom is -0.354 e. The molecular formula is C14H17ClN2O2. The van der Waals surface area contributed by atoms with Crippen LogP contribution in [-0.2, 0) is 9.59 Å². The maximum Gasteiger partial charge on any atom is 0.228 e. The Bertz CT molecular complexity index is 485. The third kappa shape index (κ3) is 3.70. The number of rotatable bonds is 4. The molecule has 1 aliphatic rings. The van der Waals surface area contributed by atoms with Gasteiger partial charge < -0.3 is 10.6 Å². The largest absolute Gasteiger partial charge is 0.354 e. The summed E-state index contributed by atoms with van der Waals surface area (Å²) in [5.74, 6) is -0.540. The van der Waals surface area contributed by atoms with Crippen molar-refractivity contribution in [1.29, 1.82) is 0 Å². The number of hydrogen-bond acceptors (Lipinski definition) is 2. The van der Waals surface area contributed by atoms with Crippen LogP contribution in [0.25, 0.3) is 0 Å². The molecule has 0 aromatic heterocycles. The van der Waals surface area contributed by atoms with Gasteiger partial charge in [-0.15, -0.1) is 0 Å². The van der Waals surface area contributed by atoms with E-state index < -0.39 is 0 Å². The van der Waals surface area contributed by atoms with Crippen molar-refractivity contribution in [1.82, 2.24) is 5.32 Å². The van der Waals surface area contributed by atoms with Gasteiger partial charge in [0.2, 0.25) is 11.8 Å². The molecule has 0 radical (unpaired) electrons. The predicted molar refractivity (Wildman–Crippen MR) is 75.0 cm³/mol. The van der Waals surface area contributed by atoms with Gasteiger partial charge in [-0.3, -0.25) is 9.59 Å². The summed E-state index contributed by atoms with van der Waals surface area (Å²) in [6, 6.07) is 7.02. The first-order valence-corrected chi connectivity index (χ1v) is 6.72. The Morgan fingerprint density at radius 1 is 1.16 bits per heavy atom. The molecule has 1 aromatic rings. The molecule has 1 aliphatic carbocycles. The first-order valence-electron chi connectivity index (χ1n) is 6.34. The van der Waals surface area contributed by atoms with Gasteiger partial charge in [0.1, 0.15) is 0 Å². The molecule has 2 atom stereocenters. The normalized spacial score (nSPS) is 21.1. The molecular weight excluding hydrogens is 264 g/mol. The Kier molecular flexibility index (Phi) is 4.10. The monoisotopic (exact) mass is 280 g/mol. The summed E-state index contributed by atoms with van der Waals surface area (Å²) >= 11 is 5.77.